The molecule has 1 aromatic heterocycles. The third kappa shape index (κ3) is 4.38. The Morgan fingerprint density at radius 2 is 1.59 bits per heavy atom. The number of aliphatic hydroxyl groups excluding tert-OH is 1. The summed E-state index contributed by atoms with van der Waals surface area (Å²) in [4.78, 5) is 32.8. The molecule has 1 amide bonds. The molecule has 1 fully saturated rings. The van der Waals surface area contributed by atoms with Crippen LogP contribution in [-0.2, 0) is 9.59 Å². The van der Waals surface area contributed by atoms with Gasteiger partial charge in [-0.25, -0.2) is 4.98 Å². The lowest BCUT2D eigenvalue weighted by Crippen LogP contribution is -2.29. The fraction of sp³-hybridized carbons (Fsp3) is 0.179. The van der Waals surface area contributed by atoms with E-state index in [0.717, 1.165) is 4.70 Å². The molecular weight excluding hydrogens is 492 g/mol. The molecule has 188 valence electrons. The summed E-state index contributed by atoms with van der Waals surface area (Å²) in [6, 6.07) is 18.3. The third-order valence-electron chi connectivity index (χ3n) is 6.11. The van der Waals surface area contributed by atoms with E-state index in [4.69, 9.17) is 14.2 Å². The Morgan fingerprint density at radius 1 is 0.946 bits per heavy atom. The van der Waals surface area contributed by atoms with E-state index in [1.165, 1.54) is 16.2 Å². The second-order valence-electron chi connectivity index (χ2n) is 8.23. The van der Waals surface area contributed by atoms with Crippen molar-refractivity contribution in [3.63, 3.8) is 0 Å². The van der Waals surface area contributed by atoms with Crippen molar-refractivity contribution in [2.45, 2.75) is 13.0 Å². The highest BCUT2D eigenvalue weighted by atomic mass is 32.1. The predicted molar refractivity (Wildman–Crippen MR) is 142 cm³/mol. The highest BCUT2D eigenvalue weighted by Gasteiger charge is 2.48. The van der Waals surface area contributed by atoms with Crippen molar-refractivity contribution in [3.8, 4) is 17.2 Å². The summed E-state index contributed by atoms with van der Waals surface area (Å²) in [5, 5.41) is 11.7. The number of ketones is 1. The molecule has 1 N–H and O–H groups in total. The van der Waals surface area contributed by atoms with E-state index in [1.54, 1.807) is 74.9 Å². The first-order valence-corrected chi connectivity index (χ1v) is 12.4. The highest BCUT2D eigenvalue weighted by Crippen LogP contribution is 2.45. The van der Waals surface area contributed by atoms with E-state index >= 15 is 0 Å². The summed E-state index contributed by atoms with van der Waals surface area (Å²) in [5.74, 6) is 0.0956. The van der Waals surface area contributed by atoms with E-state index < -0.39 is 17.7 Å². The van der Waals surface area contributed by atoms with Crippen LogP contribution in [0.15, 0.2) is 72.3 Å². The number of carbonyl (C=O) groups excluding carboxylic acids is 2. The molecule has 0 spiro atoms. The van der Waals surface area contributed by atoms with Crippen LogP contribution in [0.2, 0.25) is 0 Å². The van der Waals surface area contributed by atoms with Crippen LogP contribution in [0.25, 0.3) is 16.0 Å². The number of methoxy groups -OCH3 is 2. The summed E-state index contributed by atoms with van der Waals surface area (Å²) in [6.07, 6.45) is 0. The number of hydrogen-bond donors (Lipinski definition) is 1. The Balaban J connectivity index is 1.67. The van der Waals surface area contributed by atoms with Crippen LogP contribution in [0, 0.1) is 0 Å². The summed E-state index contributed by atoms with van der Waals surface area (Å²) >= 11 is 1.27. The number of aliphatic hydroxyl groups is 1. The second-order valence-corrected chi connectivity index (χ2v) is 9.24. The highest BCUT2D eigenvalue weighted by molar-refractivity contribution is 7.22. The van der Waals surface area contributed by atoms with Crippen molar-refractivity contribution in [2.75, 3.05) is 25.7 Å². The van der Waals surface area contributed by atoms with E-state index in [2.05, 4.69) is 4.98 Å². The van der Waals surface area contributed by atoms with E-state index in [9.17, 15) is 14.7 Å². The number of rotatable bonds is 7. The molecule has 5 rings (SSSR count). The molecule has 0 bridgehead atoms. The maximum absolute atomic E-state index is 13.4. The number of carbonyl (C=O) groups is 2. The number of ether oxygens (including phenoxy) is 3. The number of hydrogen-bond acceptors (Lipinski definition) is 8. The fourth-order valence-electron chi connectivity index (χ4n) is 4.29. The maximum Gasteiger partial charge on any atom is 0.301 e. The molecule has 0 radical (unpaired) electrons. The van der Waals surface area contributed by atoms with Gasteiger partial charge in [0.15, 0.2) is 5.13 Å². The van der Waals surface area contributed by atoms with Gasteiger partial charge in [-0.05, 0) is 67.1 Å². The molecule has 1 aliphatic rings. The van der Waals surface area contributed by atoms with Gasteiger partial charge in [0.1, 0.15) is 23.0 Å². The summed E-state index contributed by atoms with van der Waals surface area (Å²) < 4.78 is 16.9. The van der Waals surface area contributed by atoms with Gasteiger partial charge >= 0.3 is 5.91 Å². The number of anilines is 1. The first-order chi connectivity index (χ1) is 17.9. The second kappa shape index (κ2) is 9.94. The number of fused-ring (bicyclic) bond motifs is 1. The van der Waals surface area contributed by atoms with Crippen molar-refractivity contribution >= 4 is 44.1 Å². The Morgan fingerprint density at radius 3 is 2.24 bits per heavy atom. The van der Waals surface area contributed by atoms with Crippen molar-refractivity contribution in [1.82, 2.24) is 4.98 Å². The SMILES string of the molecule is CCOc1ccc(C(O)=C2C(=O)C(=O)N(c3nc4ccc(OC)cc4s3)[C@@H]2c2ccc(OC)cc2)cc1. The number of amides is 1. The first kappa shape index (κ1) is 24.3. The quantitative estimate of drug-likeness (QED) is 0.201. The lowest BCUT2D eigenvalue weighted by atomic mass is 9.95. The monoisotopic (exact) mass is 516 g/mol. The van der Waals surface area contributed by atoms with Gasteiger partial charge in [0, 0.05) is 5.56 Å². The molecular formula is C28H24N2O6S. The van der Waals surface area contributed by atoms with Crippen LogP contribution in [-0.4, -0.2) is 42.6 Å². The molecule has 0 saturated carbocycles. The molecule has 0 unspecified atom stereocenters. The van der Waals surface area contributed by atoms with E-state index in [0.29, 0.717) is 45.6 Å². The van der Waals surface area contributed by atoms with Crippen LogP contribution in [0.5, 0.6) is 17.2 Å². The van der Waals surface area contributed by atoms with Crippen LogP contribution in [0.4, 0.5) is 5.13 Å². The molecule has 1 atom stereocenters. The van der Waals surface area contributed by atoms with Gasteiger partial charge in [0.2, 0.25) is 0 Å². The first-order valence-electron chi connectivity index (χ1n) is 11.6. The molecule has 1 aliphatic heterocycles. The summed E-state index contributed by atoms with van der Waals surface area (Å²) in [5.41, 5.74) is 1.68. The van der Waals surface area contributed by atoms with Gasteiger partial charge in [-0.1, -0.05) is 23.5 Å². The standard InChI is InChI=1S/C28H24N2O6S/c1-4-36-19-11-7-17(8-12-19)25(31)23-24(16-5-9-18(34-2)10-6-16)30(27(33)26(23)32)28-29-21-14-13-20(35-3)15-22(21)37-28/h5-15,24,31H,4H2,1-3H3/t24-/m1/s1. The van der Waals surface area contributed by atoms with Crippen molar-refractivity contribution in [2.24, 2.45) is 0 Å². The molecule has 8 nitrogen and oxygen atoms in total. The van der Waals surface area contributed by atoms with E-state index in [1.807, 2.05) is 13.0 Å². The average molecular weight is 517 g/mol. The van der Waals surface area contributed by atoms with E-state index in [-0.39, 0.29) is 11.3 Å². The van der Waals surface area contributed by atoms with Gasteiger partial charge in [-0.2, -0.15) is 0 Å². The van der Waals surface area contributed by atoms with Gasteiger partial charge in [-0.15, -0.1) is 0 Å². The topological polar surface area (TPSA) is 98.2 Å². The Hall–Kier alpha value is -4.37. The Bertz CT molecular complexity index is 1510. The van der Waals surface area contributed by atoms with Crippen molar-refractivity contribution in [1.29, 1.82) is 0 Å². The zero-order valence-corrected chi connectivity index (χ0v) is 21.2. The smallest absolute Gasteiger partial charge is 0.301 e. The lowest BCUT2D eigenvalue weighted by molar-refractivity contribution is -0.132. The maximum atomic E-state index is 13.4. The Kier molecular flexibility index (Phi) is 6.54. The molecule has 1 saturated heterocycles. The molecule has 9 heteroatoms. The molecule has 0 aliphatic carbocycles. The zero-order valence-electron chi connectivity index (χ0n) is 20.4. The van der Waals surface area contributed by atoms with Crippen LogP contribution in [0.3, 0.4) is 0 Å². The van der Waals surface area contributed by atoms with Crippen molar-refractivity contribution < 1.29 is 28.9 Å². The molecule has 4 aromatic rings. The summed E-state index contributed by atoms with van der Waals surface area (Å²) in [6.45, 7) is 2.38. The van der Waals surface area contributed by atoms with Gasteiger partial charge in [0.05, 0.1) is 42.7 Å². The largest absolute Gasteiger partial charge is 0.507 e. The average Bonchev–Trinajstić information content (AvgIpc) is 3.46. The minimum absolute atomic E-state index is 0.0174. The summed E-state index contributed by atoms with van der Waals surface area (Å²) in [7, 11) is 3.13. The number of benzene rings is 3. The minimum atomic E-state index is -0.889. The lowest BCUT2D eigenvalue weighted by Gasteiger charge is -2.23. The van der Waals surface area contributed by atoms with Gasteiger partial charge in [0.25, 0.3) is 5.78 Å². The Labute approximate surface area is 217 Å². The zero-order chi connectivity index (χ0) is 26.1. The number of aromatic nitrogens is 1. The molecule has 37 heavy (non-hydrogen) atoms. The normalized spacial score (nSPS) is 16.8. The van der Waals surface area contributed by atoms with Crippen LogP contribution in [0.1, 0.15) is 24.1 Å². The minimum Gasteiger partial charge on any atom is -0.507 e. The number of thiazole rings is 1. The fourth-order valence-corrected chi connectivity index (χ4v) is 5.31. The number of Topliss-reactive ketones (excluding diaryl/α,β-unsaturated/α-hetero) is 1. The molecule has 3 aromatic carbocycles. The molecule has 2 heterocycles. The van der Waals surface area contributed by atoms with Crippen LogP contribution < -0.4 is 19.1 Å². The van der Waals surface area contributed by atoms with Crippen LogP contribution >= 0.6 is 11.3 Å². The van der Waals surface area contributed by atoms with Gasteiger partial charge in [-0.3, -0.25) is 14.5 Å². The van der Waals surface area contributed by atoms with Gasteiger partial charge < -0.3 is 19.3 Å². The third-order valence-corrected chi connectivity index (χ3v) is 7.12. The predicted octanol–water partition coefficient (Wildman–Crippen LogP) is 5.34. The van der Waals surface area contributed by atoms with Crippen molar-refractivity contribution in [3.05, 3.63) is 83.4 Å². The number of nitrogens with zero attached hydrogens (tertiary/aromatic N) is 2.